The lowest BCUT2D eigenvalue weighted by molar-refractivity contribution is -0.134. The van der Waals surface area contributed by atoms with Gasteiger partial charge in [0.05, 0.1) is 5.56 Å². The molecule has 1 atom stereocenters. The van der Waals surface area contributed by atoms with Gasteiger partial charge < -0.3 is 10.2 Å². The number of hydrogen-bond donors (Lipinski definition) is 1. The molecule has 1 saturated heterocycles. The largest absolute Gasteiger partial charge is 0.351 e. The Morgan fingerprint density at radius 2 is 2.23 bits per heavy atom. The topological polar surface area (TPSA) is 62.3 Å². The Kier molecular flexibility index (Phi) is 4.55. The fourth-order valence-electron chi connectivity index (χ4n) is 4.38. The van der Waals surface area contributed by atoms with E-state index >= 15 is 0 Å². The third kappa shape index (κ3) is 3.27. The first-order valence-corrected chi connectivity index (χ1v) is 9.80. The number of hydrogen-bond acceptors (Lipinski definition) is 3. The molecule has 0 radical (unpaired) electrons. The van der Waals surface area contributed by atoms with Crippen LogP contribution in [-0.2, 0) is 4.79 Å². The number of piperidine rings is 1. The number of allylic oxidation sites excluding steroid dienone is 1. The summed E-state index contributed by atoms with van der Waals surface area (Å²) in [6.07, 6.45) is 11.1. The summed E-state index contributed by atoms with van der Waals surface area (Å²) in [5.41, 5.74) is 2.46. The van der Waals surface area contributed by atoms with Crippen molar-refractivity contribution in [2.75, 3.05) is 13.1 Å². The van der Waals surface area contributed by atoms with Gasteiger partial charge in [-0.2, -0.15) is 0 Å². The molecular formula is C21H27N3O2. The fourth-order valence-corrected chi connectivity index (χ4v) is 4.38. The van der Waals surface area contributed by atoms with Gasteiger partial charge in [-0.05, 0) is 63.5 Å². The standard InChI is InChI=1S/C21H27N3O2/c1-15-17(5-4-12-22-15)20(26)23-14-21-10-3-2-6-18(21)24(13-16-7-8-16)19(25)9-11-21/h4-6,12,16H,2-3,7-11,13-14H2,1H3,(H,23,26). The van der Waals surface area contributed by atoms with Crippen LogP contribution in [0.4, 0.5) is 0 Å². The molecule has 2 aliphatic carbocycles. The van der Waals surface area contributed by atoms with E-state index in [0.29, 0.717) is 24.4 Å². The van der Waals surface area contributed by atoms with Crippen LogP contribution in [0.25, 0.3) is 0 Å². The molecule has 1 saturated carbocycles. The van der Waals surface area contributed by atoms with Crippen molar-refractivity contribution in [2.45, 2.75) is 51.9 Å². The van der Waals surface area contributed by atoms with E-state index in [4.69, 9.17) is 0 Å². The molecule has 2 heterocycles. The molecule has 4 rings (SSSR count). The second kappa shape index (κ2) is 6.86. The highest BCUT2D eigenvalue weighted by Gasteiger charge is 2.45. The molecule has 5 nitrogen and oxygen atoms in total. The minimum Gasteiger partial charge on any atom is -0.351 e. The number of aromatic nitrogens is 1. The van der Waals surface area contributed by atoms with Crippen molar-refractivity contribution >= 4 is 11.8 Å². The Morgan fingerprint density at radius 1 is 1.38 bits per heavy atom. The number of aryl methyl sites for hydroxylation is 1. The molecular weight excluding hydrogens is 326 g/mol. The molecule has 1 N–H and O–H groups in total. The number of nitrogens with zero attached hydrogens (tertiary/aromatic N) is 2. The first-order valence-electron chi connectivity index (χ1n) is 9.80. The predicted octanol–water partition coefficient (Wildman–Crippen LogP) is 3.21. The number of nitrogens with one attached hydrogen (secondary N) is 1. The quantitative estimate of drug-likeness (QED) is 0.884. The van der Waals surface area contributed by atoms with Gasteiger partial charge in [0.25, 0.3) is 5.91 Å². The van der Waals surface area contributed by atoms with E-state index in [-0.39, 0.29) is 17.2 Å². The van der Waals surface area contributed by atoms with Crippen molar-refractivity contribution in [3.05, 3.63) is 41.4 Å². The summed E-state index contributed by atoms with van der Waals surface area (Å²) in [7, 11) is 0. The molecule has 0 aromatic carbocycles. The molecule has 1 aliphatic heterocycles. The Hall–Kier alpha value is -2.17. The highest BCUT2D eigenvalue weighted by atomic mass is 16.2. The van der Waals surface area contributed by atoms with Crippen molar-refractivity contribution in [1.82, 2.24) is 15.2 Å². The molecule has 26 heavy (non-hydrogen) atoms. The molecule has 1 aromatic rings. The van der Waals surface area contributed by atoms with E-state index in [9.17, 15) is 9.59 Å². The molecule has 138 valence electrons. The fraction of sp³-hybridized carbons (Fsp3) is 0.571. The average Bonchev–Trinajstić information content (AvgIpc) is 3.47. The SMILES string of the molecule is Cc1ncccc1C(=O)NCC12CCCC=C1N(CC1CC1)C(=O)CC2. The number of rotatable bonds is 5. The maximum atomic E-state index is 12.7. The molecule has 2 amide bonds. The Balaban J connectivity index is 1.52. The Bertz CT molecular complexity index is 753. The third-order valence-electron chi connectivity index (χ3n) is 6.13. The van der Waals surface area contributed by atoms with Crippen LogP contribution in [0.5, 0.6) is 0 Å². The van der Waals surface area contributed by atoms with E-state index in [1.165, 1.54) is 18.5 Å². The summed E-state index contributed by atoms with van der Waals surface area (Å²) in [6.45, 7) is 3.32. The van der Waals surface area contributed by atoms with Crippen LogP contribution in [0, 0.1) is 18.3 Å². The smallest absolute Gasteiger partial charge is 0.253 e. The number of carbonyl (C=O) groups excluding carboxylic acids is 2. The lowest BCUT2D eigenvalue weighted by atomic mass is 9.69. The zero-order valence-corrected chi connectivity index (χ0v) is 15.5. The monoisotopic (exact) mass is 353 g/mol. The number of pyridine rings is 1. The predicted molar refractivity (Wildman–Crippen MR) is 99.3 cm³/mol. The number of amides is 2. The zero-order valence-electron chi connectivity index (χ0n) is 15.5. The van der Waals surface area contributed by atoms with Gasteiger partial charge in [0.1, 0.15) is 0 Å². The van der Waals surface area contributed by atoms with Gasteiger partial charge in [-0.25, -0.2) is 0 Å². The average molecular weight is 353 g/mol. The normalized spacial score (nSPS) is 25.5. The first kappa shape index (κ1) is 17.3. The second-order valence-electron chi connectivity index (χ2n) is 8.03. The van der Waals surface area contributed by atoms with Crippen LogP contribution in [0.3, 0.4) is 0 Å². The van der Waals surface area contributed by atoms with Gasteiger partial charge in [-0.3, -0.25) is 14.6 Å². The Morgan fingerprint density at radius 3 is 3.00 bits per heavy atom. The van der Waals surface area contributed by atoms with Gasteiger partial charge in [-0.15, -0.1) is 0 Å². The molecule has 1 unspecified atom stereocenters. The highest BCUT2D eigenvalue weighted by Crippen LogP contribution is 2.47. The minimum atomic E-state index is -0.0905. The third-order valence-corrected chi connectivity index (χ3v) is 6.13. The van der Waals surface area contributed by atoms with Gasteiger partial charge in [0.15, 0.2) is 0 Å². The Labute approximate surface area is 154 Å². The summed E-state index contributed by atoms with van der Waals surface area (Å²) in [4.78, 5) is 31.5. The molecule has 1 aromatic heterocycles. The zero-order chi connectivity index (χ0) is 18.1. The van der Waals surface area contributed by atoms with Crippen molar-refractivity contribution in [3.8, 4) is 0 Å². The molecule has 2 fully saturated rings. The summed E-state index contributed by atoms with van der Waals surface area (Å²) < 4.78 is 0. The maximum Gasteiger partial charge on any atom is 0.253 e. The van der Waals surface area contributed by atoms with Gasteiger partial charge in [-0.1, -0.05) is 6.08 Å². The van der Waals surface area contributed by atoms with Gasteiger partial charge in [0, 0.05) is 42.5 Å². The lowest BCUT2D eigenvalue weighted by Crippen LogP contribution is -2.51. The maximum absolute atomic E-state index is 12.7. The summed E-state index contributed by atoms with van der Waals surface area (Å²) in [5, 5.41) is 3.15. The summed E-state index contributed by atoms with van der Waals surface area (Å²) >= 11 is 0. The number of carbonyl (C=O) groups is 2. The molecule has 0 bridgehead atoms. The van der Waals surface area contributed by atoms with Crippen LogP contribution < -0.4 is 5.32 Å². The number of likely N-dealkylation sites (tertiary alicyclic amines) is 1. The van der Waals surface area contributed by atoms with Crippen LogP contribution in [0.2, 0.25) is 0 Å². The van der Waals surface area contributed by atoms with E-state index in [1.54, 1.807) is 12.3 Å². The second-order valence-corrected chi connectivity index (χ2v) is 8.03. The molecule has 5 heteroatoms. The van der Waals surface area contributed by atoms with E-state index in [2.05, 4.69) is 16.4 Å². The first-order chi connectivity index (χ1) is 12.6. The van der Waals surface area contributed by atoms with Gasteiger partial charge >= 0.3 is 0 Å². The highest BCUT2D eigenvalue weighted by molar-refractivity contribution is 5.95. The molecule has 3 aliphatic rings. The molecule has 0 spiro atoms. The van der Waals surface area contributed by atoms with Crippen LogP contribution in [0.15, 0.2) is 30.1 Å². The van der Waals surface area contributed by atoms with Crippen molar-refractivity contribution in [2.24, 2.45) is 11.3 Å². The van der Waals surface area contributed by atoms with Crippen molar-refractivity contribution < 1.29 is 9.59 Å². The van der Waals surface area contributed by atoms with E-state index in [0.717, 1.165) is 37.9 Å². The van der Waals surface area contributed by atoms with E-state index < -0.39 is 0 Å². The van der Waals surface area contributed by atoms with Crippen LogP contribution in [-0.4, -0.2) is 34.8 Å². The van der Waals surface area contributed by atoms with Crippen molar-refractivity contribution in [3.63, 3.8) is 0 Å². The lowest BCUT2D eigenvalue weighted by Gasteiger charge is -2.47. The minimum absolute atomic E-state index is 0.0689. The van der Waals surface area contributed by atoms with Crippen LogP contribution in [0.1, 0.15) is 61.0 Å². The van der Waals surface area contributed by atoms with Gasteiger partial charge in [0.2, 0.25) is 5.91 Å². The van der Waals surface area contributed by atoms with Crippen LogP contribution >= 0.6 is 0 Å². The summed E-state index contributed by atoms with van der Waals surface area (Å²) in [6, 6.07) is 3.61. The number of fused-ring (bicyclic) bond motifs is 1. The van der Waals surface area contributed by atoms with E-state index in [1.807, 2.05) is 17.9 Å². The van der Waals surface area contributed by atoms with Crippen molar-refractivity contribution in [1.29, 1.82) is 0 Å². The summed E-state index contributed by atoms with van der Waals surface area (Å²) in [5.74, 6) is 0.862.